The van der Waals surface area contributed by atoms with Gasteiger partial charge in [0.15, 0.2) is 0 Å². The molecule has 1 unspecified atom stereocenters. The van der Waals surface area contributed by atoms with Crippen LogP contribution in [0.5, 0.6) is 0 Å². The molecular weight excluding hydrogens is 382 g/mol. The molecule has 1 aromatic carbocycles. The number of ether oxygens (including phenoxy) is 1. The lowest BCUT2D eigenvalue weighted by Crippen LogP contribution is -2.56. The number of rotatable bonds is 8. The first-order valence-electron chi connectivity index (χ1n) is 11.8. The molecule has 3 aliphatic heterocycles. The lowest BCUT2D eigenvalue weighted by molar-refractivity contribution is -0.00316. The van der Waals surface area contributed by atoms with Crippen molar-refractivity contribution in [3.05, 3.63) is 34.9 Å². The third-order valence-electron chi connectivity index (χ3n) is 6.97. The Morgan fingerprint density at radius 1 is 0.897 bits per heavy atom. The van der Waals surface area contributed by atoms with Crippen LogP contribution in [-0.2, 0) is 11.3 Å². The number of fused-ring (bicyclic) bond motifs is 1. The standard InChI is InChI=1S/C24H38ClN3O/c25-23-8-5-21(6-9-23)17-27-14-15-28-18-22(7-10-24(28)19-27)20-29-16-4-13-26-11-2-1-3-12-26/h5-6,8-9,22,24H,1-4,7,10-20H2/t22-,24?/m0/s1. The van der Waals surface area contributed by atoms with E-state index in [1.165, 1.54) is 89.9 Å². The van der Waals surface area contributed by atoms with Crippen LogP contribution < -0.4 is 0 Å². The third kappa shape index (κ3) is 6.67. The van der Waals surface area contributed by atoms with Gasteiger partial charge in [0, 0.05) is 56.9 Å². The average Bonchev–Trinajstić information content (AvgIpc) is 2.76. The summed E-state index contributed by atoms with van der Waals surface area (Å²) in [7, 11) is 0. The topological polar surface area (TPSA) is 19.0 Å². The number of halogens is 1. The van der Waals surface area contributed by atoms with Crippen molar-refractivity contribution in [2.24, 2.45) is 5.92 Å². The quantitative estimate of drug-likeness (QED) is 0.589. The van der Waals surface area contributed by atoms with Gasteiger partial charge < -0.3 is 9.64 Å². The lowest BCUT2D eigenvalue weighted by Gasteiger charge is -2.46. The summed E-state index contributed by atoms with van der Waals surface area (Å²) in [5.74, 6) is 0.726. The van der Waals surface area contributed by atoms with E-state index in [1.54, 1.807) is 0 Å². The summed E-state index contributed by atoms with van der Waals surface area (Å²) in [5, 5.41) is 0.825. The Morgan fingerprint density at radius 3 is 2.55 bits per heavy atom. The first-order chi connectivity index (χ1) is 14.3. The molecule has 2 atom stereocenters. The molecule has 0 amide bonds. The van der Waals surface area contributed by atoms with Gasteiger partial charge in [0.25, 0.3) is 0 Å². The zero-order valence-corrected chi connectivity index (χ0v) is 18.7. The van der Waals surface area contributed by atoms with E-state index in [1.807, 2.05) is 12.1 Å². The summed E-state index contributed by atoms with van der Waals surface area (Å²) < 4.78 is 6.08. The predicted molar refractivity (Wildman–Crippen MR) is 121 cm³/mol. The second-order valence-corrected chi connectivity index (χ2v) is 9.72. The highest BCUT2D eigenvalue weighted by Gasteiger charge is 2.32. The third-order valence-corrected chi connectivity index (χ3v) is 7.23. The lowest BCUT2D eigenvalue weighted by atomic mass is 9.91. The van der Waals surface area contributed by atoms with E-state index in [4.69, 9.17) is 16.3 Å². The van der Waals surface area contributed by atoms with Gasteiger partial charge in [-0.3, -0.25) is 9.80 Å². The predicted octanol–water partition coefficient (Wildman–Crippen LogP) is 4.13. The normalized spacial score (nSPS) is 27.1. The SMILES string of the molecule is Clc1ccc(CN2CCN3C[C@@H](COCCCN4CCCCC4)CCC3C2)cc1. The average molecular weight is 420 g/mol. The fourth-order valence-corrected chi connectivity index (χ4v) is 5.40. The van der Waals surface area contributed by atoms with Crippen molar-refractivity contribution in [2.45, 2.75) is 51.1 Å². The monoisotopic (exact) mass is 419 g/mol. The Hall–Kier alpha value is -0.650. The second-order valence-electron chi connectivity index (χ2n) is 9.28. The van der Waals surface area contributed by atoms with Gasteiger partial charge in [0.2, 0.25) is 0 Å². The molecule has 0 bridgehead atoms. The molecule has 4 nitrogen and oxygen atoms in total. The summed E-state index contributed by atoms with van der Waals surface area (Å²) >= 11 is 6.02. The number of nitrogens with zero attached hydrogens (tertiary/aromatic N) is 3. The molecule has 0 radical (unpaired) electrons. The van der Waals surface area contributed by atoms with Crippen LogP contribution in [-0.4, -0.2) is 79.8 Å². The van der Waals surface area contributed by atoms with E-state index >= 15 is 0 Å². The molecule has 3 fully saturated rings. The van der Waals surface area contributed by atoms with Gasteiger partial charge in [-0.05, 0) is 68.8 Å². The fourth-order valence-electron chi connectivity index (χ4n) is 5.27. The molecule has 29 heavy (non-hydrogen) atoms. The van der Waals surface area contributed by atoms with Crippen LogP contribution in [0.15, 0.2) is 24.3 Å². The molecule has 0 saturated carbocycles. The molecule has 0 spiro atoms. The summed E-state index contributed by atoms with van der Waals surface area (Å²) in [6, 6.07) is 9.06. The van der Waals surface area contributed by atoms with Gasteiger partial charge in [-0.15, -0.1) is 0 Å². The molecule has 5 heteroatoms. The summed E-state index contributed by atoms with van der Waals surface area (Å²) in [6.07, 6.45) is 8.03. The zero-order valence-electron chi connectivity index (χ0n) is 17.9. The van der Waals surface area contributed by atoms with Crippen molar-refractivity contribution in [2.75, 3.05) is 59.0 Å². The Balaban J connectivity index is 1.11. The van der Waals surface area contributed by atoms with Crippen LogP contribution in [0.25, 0.3) is 0 Å². The highest BCUT2D eigenvalue weighted by atomic mass is 35.5. The van der Waals surface area contributed by atoms with Gasteiger partial charge in [0.1, 0.15) is 0 Å². The van der Waals surface area contributed by atoms with Crippen LogP contribution in [0.1, 0.15) is 44.1 Å². The molecule has 0 aliphatic carbocycles. The van der Waals surface area contributed by atoms with Gasteiger partial charge >= 0.3 is 0 Å². The zero-order chi connectivity index (χ0) is 19.9. The molecular formula is C24H38ClN3O. The summed E-state index contributed by atoms with van der Waals surface area (Å²) in [6.45, 7) is 11.6. The van der Waals surface area contributed by atoms with E-state index in [0.29, 0.717) is 0 Å². The number of likely N-dealkylation sites (tertiary alicyclic amines) is 1. The van der Waals surface area contributed by atoms with Crippen molar-refractivity contribution >= 4 is 11.6 Å². The molecule has 0 aromatic heterocycles. The minimum absolute atomic E-state index is 0.726. The van der Waals surface area contributed by atoms with Crippen LogP contribution in [0.2, 0.25) is 5.02 Å². The van der Waals surface area contributed by atoms with E-state index in [-0.39, 0.29) is 0 Å². The Morgan fingerprint density at radius 2 is 1.72 bits per heavy atom. The number of piperazine rings is 1. The number of hydrogen-bond donors (Lipinski definition) is 0. The molecule has 0 N–H and O–H groups in total. The number of piperidine rings is 2. The smallest absolute Gasteiger partial charge is 0.0506 e. The van der Waals surface area contributed by atoms with Crippen molar-refractivity contribution in [3.8, 4) is 0 Å². The maximum atomic E-state index is 6.08. The van der Waals surface area contributed by atoms with Crippen LogP contribution in [0.4, 0.5) is 0 Å². The fraction of sp³-hybridized carbons (Fsp3) is 0.750. The molecule has 162 valence electrons. The number of hydrogen-bond acceptors (Lipinski definition) is 4. The second kappa shape index (κ2) is 11.1. The van der Waals surface area contributed by atoms with Crippen molar-refractivity contribution < 1.29 is 4.74 Å². The van der Waals surface area contributed by atoms with Crippen molar-refractivity contribution in [3.63, 3.8) is 0 Å². The summed E-state index contributed by atoms with van der Waals surface area (Å²) in [5.41, 5.74) is 1.37. The largest absolute Gasteiger partial charge is 0.381 e. The van der Waals surface area contributed by atoms with Crippen LogP contribution >= 0.6 is 11.6 Å². The van der Waals surface area contributed by atoms with Crippen LogP contribution in [0.3, 0.4) is 0 Å². The highest BCUT2D eigenvalue weighted by Crippen LogP contribution is 2.26. The minimum Gasteiger partial charge on any atom is -0.381 e. The van der Waals surface area contributed by atoms with E-state index < -0.39 is 0 Å². The maximum Gasteiger partial charge on any atom is 0.0506 e. The van der Waals surface area contributed by atoms with E-state index in [0.717, 1.165) is 36.7 Å². The van der Waals surface area contributed by atoms with E-state index in [2.05, 4.69) is 26.8 Å². The Labute approximate surface area is 182 Å². The molecule has 1 aromatic rings. The minimum atomic E-state index is 0.726. The van der Waals surface area contributed by atoms with Crippen LogP contribution in [0, 0.1) is 5.92 Å². The van der Waals surface area contributed by atoms with Crippen molar-refractivity contribution in [1.82, 2.24) is 14.7 Å². The molecule has 3 aliphatic rings. The maximum absolute atomic E-state index is 6.08. The van der Waals surface area contributed by atoms with Gasteiger partial charge in [-0.1, -0.05) is 30.2 Å². The van der Waals surface area contributed by atoms with Gasteiger partial charge in [-0.2, -0.15) is 0 Å². The highest BCUT2D eigenvalue weighted by molar-refractivity contribution is 6.30. The van der Waals surface area contributed by atoms with Gasteiger partial charge in [-0.25, -0.2) is 0 Å². The first kappa shape index (κ1) is 21.6. The van der Waals surface area contributed by atoms with E-state index in [9.17, 15) is 0 Å². The Bertz CT molecular complexity index is 605. The summed E-state index contributed by atoms with van der Waals surface area (Å²) in [4.78, 5) is 7.95. The van der Waals surface area contributed by atoms with Gasteiger partial charge in [0.05, 0.1) is 6.61 Å². The van der Waals surface area contributed by atoms with Crippen molar-refractivity contribution in [1.29, 1.82) is 0 Å². The molecule has 4 rings (SSSR count). The number of benzene rings is 1. The Kier molecular flexibility index (Phi) is 8.26. The molecule has 3 heterocycles. The first-order valence-corrected chi connectivity index (χ1v) is 12.1. The molecule has 3 saturated heterocycles.